The number of anilines is 1. The summed E-state index contributed by atoms with van der Waals surface area (Å²) in [7, 11) is 3.08. The van der Waals surface area contributed by atoms with E-state index in [0.717, 1.165) is 0 Å². The Bertz CT molecular complexity index is 637. The summed E-state index contributed by atoms with van der Waals surface area (Å²) in [5.41, 5.74) is 0.498. The Balaban J connectivity index is 2.21. The molecule has 0 spiro atoms. The first kappa shape index (κ1) is 14.8. The molecule has 0 saturated carbocycles. The van der Waals surface area contributed by atoms with Crippen LogP contribution in [-0.4, -0.2) is 35.3 Å². The Kier molecular flexibility index (Phi) is 4.42. The number of benzene rings is 1. The minimum Gasteiger partial charge on any atom is -0.497 e. The van der Waals surface area contributed by atoms with Crippen LogP contribution in [0.5, 0.6) is 11.5 Å². The highest BCUT2D eigenvalue weighted by atomic mass is 16.5. The van der Waals surface area contributed by atoms with Crippen LogP contribution in [0.25, 0.3) is 0 Å². The molecule has 7 heteroatoms. The van der Waals surface area contributed by atoms with Crippen LogP contribution in [0.3, 0.4) is 0 Å². The van der Waals surface area contributed by atoms with Gasteiger partial charge in [0.15, 0.2) is 0 Å². The first-order chi connectivity index (χ1) is 10.0. The lowest BCUT2D eigenvalue weighted by molar-refractivity contribution is 0.101. The molecule has 0 aliphatic rings. The van der Waals surface area contributed by atoms with Crippen LogP contribution in [-0.2, 0) is 0 Å². The zero-order valence-electron chi connectivity index (χ0n) is 12.4. The summed E-state index contributed by atoms with van der Waals surface area (Å²) in [6.07, 6.45) is 0. The van der Waals surface area contributed by atoms with Crippen molar-refractivity contribution in [1.82, 2.24) is 15.2 Å². The number of hydrogen-bond donors (Lipinski definition) is 2. The molecule has 1 heterocycles. The predicted octanol–water partition coefficient (Wildman–Crippen LogP) is 2.20. The quantitative estimate of drug-likeness (QED) is 0.881. The maximum absolute atomic E-state index is 12.2. The summed E-state index contributed by atoms with van der Waals surface area (Å²) in [5.74, 6) is 1.66. The fourth-order valence-electron chi connectivity index (χ4n) is 1.72. The molecule has 0 unspecified atom stereocenters. The molecule has 2 N–H and O–H groups in total. The zero-order valence-corrected chi connectivity index (χ0v) is 12.4. The standard InChI is InChI=1S/C14H18N4O3/c1-8(2)12-16-13(18-17-12)14(19)15-10-7-9(20-3)5-6-11(10)21-4/h5-8H,1-4H3,(H,15,19)(H,16,17,18). The molecule has 0 radical (unpaired) electrons. The predicted molar refractivity (Wildman–Crippen MR) is 78.0 cm³/mol. The largest absolute Gasteiger partial charge is 0.497 e. The van der Waals surface area contributed by atoms with Gasteiger partial charge in [0.2, 0.25) is 5.82 Å². The molecule has 0 aliphatic carbocycles. The third-order valence-corrected chi connectivity index (χ3v) is 2.91. The Morgan fingerprint density at radius 3 is 2.62 bits per heavy atom. The second kappa shape index (κ2) is 6.25. The Morgan fingerprint density at radius 1 is 1.29 bits per heavy atom. The monoisotopic (exact) mass is 290 g/mol. The highest BCUT2D eigenvalue weighted by Crippen LogP contribution is 2.29. The number of hydrogen-bond acceptors (Lipinski definition) is 5. The highest BCUT2D eigenvalue weighted by molar-refractivity contribution is 6.02. The lowest BCUT2D eigenvalue weighted by Gasteiger charge is -2.10. The third kappa shape index (κ3) is 3.31. The second-order valence-electron chi connectivity index (χ2n) is 4.72. The van der Waals surface area contributed by atoms with E-state index in [2.05, 4.69) is 20.5 Å². The summed E-state index contributed by atoms with van der Waals surface area (Å²) in [4.78, 5) is 16.3. The van der Waals surface area contributed by atoms with E-state index in [1.807, 2.05) is 13.8 Å². The molecular weight excluding hydrogens is 272 g/mol. The molecule has 2 aromatic rings. The lowest BCUT2D eigenvalue weighted by atomic mass is 10.2. The third-order valence-electron chi connectivity index (χ3n) is 2.91. The molecule has 2 rings (SSSR count). The van der Waals surface area contributed by atoms with Gasteiger partial charge in [-0.1, -0.05) is 13.8 Å². The number of nitrogens with one attached hydrogen (secondary N) is 2. The lowest BCUT2D eigenvalue weighted by Crippen LogP contribution is -2.14. The van der Waals surface area contributed by atoms with Gasteiger partial charge in [-0.2, -0.15) is 0 Å². The molecule has 1 amide bonds. The van der Waals surface area contributed by atoms with Crippen LogP contribution < -0.4 is 14.8 Å². The molecule has 0 bridgehead atoms. The van der Waals surface area contributed by atoms with Gasteiger partial charge in [-0.05, 0) is 12.1 Å². The molecule has 0 aliphatic heterocycles. The van der Waals surface area contributed by atoms with Gasteiger partial charge in [-0.15, -0.1) is 5.10 Å². The van der Waals surface area contributed by atoms with Crippen molar-refractivity contribution < 1.29 is 14.3 Å². The van der Waals surface area contributed by atoms with Gasteiger partial charge in [-0.25, -0.2) is 4.98 Å². The Morgan fingerprint density at radius 2 is 2.05 bits per heavy atom. The van der Waals surface area contributed by atoms with Crippen molar-refractivity contribution in [3.8, 4) is 11.5 Å². The average Bonchev–Trinajstić information content (AvgIpc) is 2.97. The van der Waals surface area contributed by atoms with Crippen LogP contribution in [0.2, 0.25) is 0 Å². The van der Waals surface area contributed by atoms with Gasteiger partial charge in [0.05, 0.1) is 19.9 Å². The van der Waals surface area contributed by atoms with Crippen LogP contribution in [0.4, 0.5) is 5.69 Å². The molecule has 112 valence electrons. The highest BCUT2D eigenvalue weighted by Gasteiger charge is 2.16. The summed E-state index contributed by atoms with van der Waals surface area (Å²) in [5, 5.41) is 9.37. The number of rotatable bonds is 5. The average molecular weight is 290 g/mol. The van der Waals surface area contributed by atoms with Gasteiger partial charge < -0.3 is 14.8 Å². The summed E-state index contributed by atoms with van der Waals surface area (Å²) >= 11 is 0. The number of methoxy groups -OCH3 is 2. The van der Waals surface area contributed by atoms with Crippen molar-refractivity contribution >= 4 is 11.6 Å². The van der Waals surface area contributed by atoms with E-state index in [9.17, 15) is 4.79 Å². The molecule has 0 fully saturated rings. The van der Waals surface area contributed by atoms with Crippen molar-refractivity contribution in [3.63, 3.8) is 0 Å². The second-order valence-corrected chi connectivity index (χ2v) is 4.72. The summed E-state index contributed by atoms with van der Waals surface area (Å²) in [6, 6.07) is 5.14. The molecular formula is C14H18N4O3. The SMILES string of the molecule is COc1ccc(OC)c(NC(=O)c2n[nH]c(C(C)C)n2)c1. The summed E-state index contributed by atoms with van der Waals surface area (Å²) < 4.78 is 10.3. The smallest absolute Gasteiger partial charge is 0.295 e. The number of aromatic amines is 1. The fraction of sp³-hybridized carbons (Fsp3) is 0.357. The topological polar surface area (TPSA) is 89.1 Å². The van der Waals surface area contributed by atoms with E-state index in [-0.39, 0.29) is 11.7 Å². The molecule has 21 heavy (non-hydrogen) atoms. The van der Waals surface area contributed by atoms with Gasteiger partial charge in [-0.3, -0.25) is 9.89 Å². The van der Waals surface area contributed by atoms with Crippen LogP contribution in [0.15, 0.2) is 18.2 Å². The van der Waals surface area contributed by atoms with E-state index >= 15 is 0 Å². The number of H-pyrrole nitrogens is 1. The van der Waals surface area contributed by atoms with E-state index in [1.54, 1.807) is 25.3 Å². The molecule has 7 nitrogen and oxygen atoms in total. The van der Waals surface area contributed by atoms with Gasteiger partial charge >= 0.3 is 0 Å². The van der Waals surface area contributed by atoms with E-state index in [4.69, 9.17) is 9.47 Å². The fourth-order valence-corrected chi connectivity index (χ4v) is 1.72. The number of aromatic nitrogens is 3. The molecule has 0 atom stereocenters. The number of ether oxygens (including phenoxy) is 2. The maximum atomic E-state index is 12.2. The first-order valence-electron chi connectivity index (χ1n) is 6.50. The maximum Gasteiger partial charge on any atom is 0.295 e. The van der Waals surface area contributed by atoms with Crippen LogP contribution in [0, 0.1) is 0 Å². The van der Waals surface area contributed by atoms with E-state index < -0.39 is 5.91 Å². The molecule has 1 aromatic carbocycles. The number of amides is 1. The van der Waals surface area contributed by atoms with E-state index in [0.29, 0.717) is 23.0 Å². The minimum absolute atomic E-state index is 0.0866. The number of carbonyl (C=O) groups excluding carboxylic acids is 1. The van der Waals surface area contributed by atoms with Crippen LogP contribution >= 0.6 is 0 Å². The van der Waals surface area contributed by atoms with Crippen molar-refractivity contribution in [2.45, 2.75) is 19.8 Å². The van der Waals surface area contributed by atoms with Gasteiger partial charge in [0.25, 0.3) is 5.91 Å². The first-order valence-corrected chi connectivity index (χ1v) is 6.50. The van der Waals surface area contributed by atoms with Crippen molar-refractivity contribution in [2.75, 3.05) is 19.5 Å². The number of nitrogens with zero attached hydrogens (tertiary/aromatic N) is 2. The Labute approximate surface area is 122 Å². The van der Waals surface area contributed by atoms with E-state index in [1.165, 1.54) is 7.11 Å². The molecule has 0 saturated heterocycles. The van der Waals surface area contributed by atoms with Crippen molar-refractivity contribution in [1.29, 1.82) is 0 Å². The molecule has 1 aromatic heterocycles. The van der Waals surface area contributed by atoms with Crippen molar-refractivity contribution in [3.05, 3.63) is 29.8 Å². The number of carbonyl (C=O) groups is 1. The summed E-state index contributed by atoms with van der Waals surface area (Å²) in [6.45, 7) is 3.93. The van der Waals surface area contributed by atoms with Gasteiger partial charge in [0.1, 0.15) is 17.3 Å². The van der Waals surface area contributed by atoms with Gasteiger partial charge in [0, 0.05) is 12.0 Å². The zero-order chi connectivity index (χ0) is 15.4. The Hall–Kier alpha value is -2.57. The normalized spacial score (nSPS) is 10.5. The van der Waals surface area contributed by atoms with Crippen LogP contribution in [0.1, 0.15) is 36.2 Å². The van der Waals surface area contributed by atoms with Crippen molar-refractivity contribution in [2.24, 2.45) is 0 Å². The minimum atomic E-state index is -0.412.